The molecule has 4 heteroatoms. The van der Waals surface area contributed by atoms with Crippen molar-refractivity contribution in [3.63, 3.8) is 0 Å². The van der Waals surface area contributed by atoms with Crippen LogP contribution >= 0.6 is 0 Å². The Morgan fingerprint density at radius 1 is 1.42 bits per heavy atom. The molecular weight excluding hydrogens is 244 g/mol. The zero-order valence-electron chi connectivity index (χ0n) is 11.7. The van der Waals surface area contributed by atoms with Crippen molar-refractivity contribution >= 4 is 5.97 Å². The highest BCUT2D eigenvalue weighted by atomic mass is 16.6. The van der Waals surface area contributed by atoms with E-state index >= 15 is 0 Å². The van der Waals surface area contributed by atoms with Gasteiger partial charge in [-0.3, -0.25) is 0 Å². The van der Waals surface area contributed by atoms with E-state index in [-0.39, 0.29) is 18.7 Å². The summed E-state index contributed by atoms with van der Waals surface area (Å²) < 4.78 is 16.0. The first-order valence-corrected chi connectivity index (χ1v) is 6.54. The summed E-state index contributed by atoms with van der Waals surface area (Å²) in [5.41, 5.74) is 3.24. The van der Waals surface area contributed by atoms with Crippen molar-refractivity contribution in [3.8, 4) is 5.75 Å². The Morgan fingerprint density at radius 2 is 2.21 bits per heavy atom. The van der Waals surface area contributed by atoms with Gasteiger partial charge in [-0.15, -0.1) is 0 Å². The molecule has 1 unspecified atom stereocenters. The number of methoxy groups -OCH3 is 1. The molecule has 1 aromatic carbocycles. The largest absolute Gasteiger partial charge is 0.481 e. The van der Waals surface area contributed by atoms with Gasteiger partial charge in [-0.1, -0.05) is 11.6 Å². The predicted octanol–water partition coefficient (Wildman–Crippen LogP) is 2.71. The number of benzene rings is 1. The molecule has 104 valence electrons. The van der Waals surface area contributed by atoms with E-state index in [9.17, 15) is 4.79 Å². The number of rotatable bonds is 4. The van der Waals surface area contributed by atoms with Gasteiger partial charge < -0.3 is 14.2 Å². The van der Waals surface area contributed by atoms with Gasteiger partial charge in [0.15, 0.2) is 6.61 Å². The van der Waals surface area contributed by atoms with Crippen LogP contribution in [0.2, 0.25) is 0 Å². The van der Waals surface area contributed by atoms with Crippen molar-refractivity contribution in [3.05, 3.63) is 28.8 Å². The number of carbonyl (C=O) groups excluding carboxylic acids is 1. The SMILES string of the molecule is COC(=O)COc1c(C)cc(C)cc1C1CCCO1. The van der Waals surface area contributed by atoms with Crippen LogP contribution in [-0.4, -0.2) is 26.3 Å². The molecule has 0 saturated carbocycles. The van der Waals surface area contributed by atoms with Crippen molar-refractivity contribution in [1.29, 1.82) is 0 Å². The van der Waals surface area contributed by atoms with Gasteiger partial charge in [-0.25, -0.2) is 4.79 Å². The average molecular weight is 264 g/mol. The molecule has 1 fully saturated rings. The zero-order chi connectivity index (χ0) is 13.8. The maximum atomic E-state index is 11.2. The molecule has 2 rings (SSSR count). The van der Waals surface area contributed by atoms with Crippen LogP contribution in [0.4, 0.5) is 0 Å². The number of carbonyl (C=O) groups is 1. The molecule has 1 aliphatic heterocycles. The van der Waals surface area contributed by atoms with Crippen molar-refractivity contribution in [2.75, 3.05) is 20.3 Å². The minimum atomic E-state index is -0.377. The van der Waals surface area contributed by atoms with Crippen molar-refractivity contribution in [1.82, 2.24) is 0 Å². The van der Waals surface area contributed by atoms with Crippen LogP contribution in [0, 0.1) is 13.8 Å². The molecule has 19 heavy (non-hydrogen) atoms. The molecular formula is C15H20O4. The first kappa shape index (κ1) is 13.9. The Kier molecular flexibility index (Phi) is 4.43. The topological polar surface area (TPSA) is 44.8 Å². The van der Waals surface area contributed by atoms with E-state index in [1.165, 1.54) is 12.7 Å². The third-order valence-electron chi connectivity index (χ3n) is 3.29. The number of hydrogen-bond donors (Lipinski definition) is 0. The molecule has 0 bridgehead atoms. The van der Waals surface area contributed by atoms with Crippen molar-refractivity contribution in [2.45, 2.75) is 32.8 Å². The molecule has 0 spiro atoms. The molecule has 1 saturated heterocycles. The number of hydrogen-bond acceptors (Lipinski definition) is 4. The van der Waals surface area contributed by atoms with Crippen molar-refractivity contribution < 1.29 is 19.0 Å². The number of ether oxygens (including phenoxy) is 3. The minimum absolute atomic E-state index is 0.0693. The summed E-state index contributed by atoms with van der Waals surface area (Å²) in [7, 11) is 1.36. The molecule has 0 amide bonds. The minimum Gasteiger partial charge on any atom is -0.481 e. The maximum absolute atomic E-state index is 11.2. The van der Waals surface area contributed by atoms with Gasteiger partial charge in [0.1, 0.15) is 5.75 Å². The Morgan fingerprint density at radius 3 is 2.84 bits per heavy atom. The zero-order valence-corrected chi connectivity index (χ0v) is 11.7. The second-order valence-corrected chi connectivity index (χ2v) is 4.87. The monoisotopic (exact) mass is 264 g/mol. The summed E-state index contributed by atoms with van der Waals surface area (Å²) in [5, 5.41) is 0. The third-order valence-corrected chi connectivity index (χ3v) is 3.29. The fourth-order valence-electron chi connectivity index (χ4n) is 2.44. The summed E-state index contributed by atoms with van der Waals surface area (Å²) in [6.45, 7) is 4.75. The fraction of sp³-hybridized carbons (Fsp3) is 0.533. The summed E-state index contributed by atoms with van der Waals surface area (Å²) in [6, 6.07) is 4.13. The first-order valence-electron chi connectivity index (χ1n) is 6.54. The number of esters is 1. The van der Waals surface area contributed by atoms with Crippen molar-refractivity contribution in [2.24, 2.45) is 0 Å². The Hall–Kier alpha value is -1.55. The summed E-state index contributed by atoms with van der Waals surface area (Å²) >= 11 is 0. The Labute approximate surface area is 113 Å². The van der Waals surface area contributed by atoms with Crippen LogP contribution in [-0.2, 0) is 14.3 Å². The number of aryl methyl sites for hydroxylation is 2. The van der Waals surface area contributed by atoms with Gasteiger partial charge in [0.05, 0.1) is 13.2 Å². The quantitative estimate of drug-likeness (QED) is 0.784. The van der Waals surface area contributed by atoms with Crippen LogP contribution in [0.1, 0.15) is 35.6 Å². The summed E-state index contributed by atoms with van der Waals surface area (Å²) in [5.74, 6) is 0.376. The van der Waals surface area contributed by atoms with E-state index < -0.39 is 0 Å². The maximum Gasteiger partial charge on any atom is 0.343 e. The highest BCUT2D eigenvalue weighted by Crippen LogP contribution is 2.37. The van der Waals surface area contributed by atoms with Gasteiger partial charge in [-0.05, 0) is 38.3 Å². The molecule has 0 N–H and O–H groups in total. The highest BCUT2D eigenvalue weighted by Gasteiger charge is 2.23. The van der Waals surface area contributed by atoms with Gasteiger partial charge in [0, 0.05) is 12.2 Å². The van der Waals surface area contributed by atoms with E-state index in [0.29, 0.717) is 0 Å². The molecule has 0 aliphatic carbocycles. The summed E-state index contributed by atoms with van der Waals surface area (Å²) in [4.78, 5) is 11.2. The van der Waals surface area contributed by atoms with E-state index in [1.807, 2.05) is 13.0 Å². The second kappa shape index (κ2) is 6.06. The lowest BCUT2D eigenvalue weighted by molar-refractivity contribution is -0.142. The lowest BCUT2D eigenvalue weighted by atomic mass is 9.99. The first-order chi connectivity index (χ1) is 9.11. The van der Waals surface area contributed by atoms with Gasteiger partial charge in [0.25, 0.3) is 0 Å². The molecule has 1 aromatic rings. The lowest BCUT2D eigenvalue weighted by Gasteiger charge is -2.18. The molecule has 4 nitrogen and oxygen atoms in total. The molecule has 0 aromatic heterocycles. The van der Waals surface area contributed by atoms with Crippen LogP contribution in [0.3, 0.4) is 0 Å². The molecule has 0 radical (unpaired) electrons. The highest BCUT2D eigenvalue weighted by molar-refractivity contribution is 5.71. The molecule has 1 heterocycles. The van der Waals surface area contributed by atoms with Gasteiger partial charge in [0.2, 0.25) is 0 Å². The molecule has 1 atom stereocenters. The Balaban J connectivity index is 2.26. The summed E-state index contributed by atoms with van der Waals surface area (Å²) in [6.07, 6.45) is 2.14. The van der Waals surface area contributed by atoms with Gasteiger partial charge >= 0.3 is 5.97 Å². The smallest absolute Gasteiger partial charge is 0.343 e. The lowest BCUT2D eigenvalue weighted by Crippen LogP contribution is -2.15. The standard InChI is InChI=1S/C15H20O4/c1-10-7-11(2)15(19-9-14(16)17-3)12(8-10)13-5-4-6-18-13/h7-8,13H,4-6,9H2,1-3H3. The fourth-order valence-corrected chi connectivity index (χ4v) is 2.44. The average Bonchev–Trinajstić information content (AvgIpc) is 2.90. The van der Waals surface area contributed by atoms with Crippen LogP contribution in [0.5, 0.6) is 5.75 Å². The van der Waals surface area contributed by atoms with Gasteiger partial charge in [-0.2, -0.15) is 0 Å². The molecule has 1 aliphatic rings. The van der Waals surface area contributed by atoms with Crippen LogP contribution < -0.4 is 4.74 Å². The second-order valence-electron chi connectivity index (χ2n) is 4.87. The van der Waals surface area contributed by atoms with Crippen LogP contribution in [0.25, 0.3) is 0 Å². The third kappa shape index (κ3) is 3.26. The van der Waals surface area contributed by atoms with E-state index in [4.69, 9.17) is 9.47 Å². The predicted molar refractivity (Wildman–Crippen MR) is 71.4 cm³/mol. The van der Waals surface area contributed by atoms with Crippen LogP contribution in [0.15, 0.2) is 12.1 Å². The van der Waals surface area contributed by atoms with E-state index in [1.54, 1.807) is 0 Å². The Bertz CT molecular complexity index is 461. The van der Waals surface area contributed by atoms with E-state index in [0.717, 1.165) is 36.3 Å². The normalized spacial score (nSPS) is 18.4. The van der Waals surface area contributed by atoms with E-state index in [2.05, 4.69) is 17.7 Å².